The Kier molecular flexibility index (Phi) is 3.74. The number of anilines is 1. The van der Waals surface area contributed by atoms with Gasteiger partial charge in [-0.25, -0.2) is 4.98 Å². The Balaban J connectivity index is 1.91. The molecule has 0 unspecified atom stereocenters. The lowest BCUT2D eigenvalue weighted by Crippen LogP contribution is -2.10. The minimum Gasteiger partial charge on any atom is -0.508 e. The van der Waals surface area contributed by atoms with Gasteiger partial charge in [-0.3, -0.25) is 0 Å². The van der Waals surface area contributed by atoms with E-state index in [4.69, 9.17) is 4.18 Å². The predicted molar refractivity (Wildman–Crippen MR) is 82.6 cm³/mol. The van der Waals surface area contributed by atoms with Gasteiger partial charge in [-0.05, 0) is 17.7 Å². The smallest absolute Gasteiger partial charge is 0.337 e. The third kappa shape index (κ3) is 3.66. The van der Waals surface area contributed by atoms with Crippen LogP contribution in [0.4, 0.5) is 5.82 Å². The molecule has 9 nitrogen and oxygen atoms in total. The molecule has 0 saturated carbocycles. The predicted octanol–water partition coefficient (Wildman–Crippen LogP) is 1.01. The van der Waals surface area contributed by atoms with E-state index in [0.717, 1.165) is 11.8 Å². The summed E-state index contributed by atoms with van der Waals surface area (Å²) in [5, 5.41) is 12.5. The van der Waals surface area contributed by atoms with E-state index in [1.54, 1.807) is 18.2 Å². The van der Waals surface area contributed by atoms with Crippen molar-refractivity contribution in [2.45, 2.75) is 6.54 Å². The number of fused-ring (bicyclic) bond motifs is 1. The molecule has 0 aliphatic carbocycles. The Morgan fingerprint density at radius 2 is 2.17 bits per heavy atom. The first-order chi connectivity index (χ1) is 10.9. The molecule has 0 aliphatic rings. The normalized spacial score (nSPS) is 11.5. The lowest BCUT2D eigenvalue weighted by atomic mass is 10.2. The zero-order valence-electron chi connectivity index (χ0n) is 12.0. The Morgan fingerprint density at radius 3 is 2.91 bits per heavy atom. The van der Waals surface area contributed by atoms with E-state index in [2.05, 4.69) is 25.3 Å². The van der Waals surface area contributed by atoms with E-state index in [1.165, 1.54) is 6.33 Å². The first-order valence-electron chi connectivity index (χ1n) is 6.53. The Labute approximate surface area is 131 Å². The first-order valence-corrected chi connectivity index (χ1v) is 8.35. The maximum atomic E-state index is 11.2. The number of phenols is 1. The van der Waals surface area contributed by atoms with Crippen molar-refractivity contribution in [1.82, 2.24) is 19.9 Å². The molecule has 3 aromatic rings. The standard InChI is InChI=1S/C13H13N5O4S/c1-23(20,21)22-13-17-11(10-12(18-13)16-7-15-10)14-6-8-3-2-4-9(19)5-8/h2-5,7,19H,6H2,1H3,(H2,14,15,16,17,18). The number of hydrogen-bond donors (Lipinski definition) is 3. The molecule has 3 rings (SSSR count). The monoisotopic (exact) mass is 335 g/mol. The number of benzene rings is 1. The van der Waals surface area contributed by atoms with Crippen LogP contribution in [0.3, 0.4) is 0 Å². The van der Waals surface area contributed by atoms with Gasteiger partial charge in [0.25, 0.3) is 0 Å². The molecule has 0 amide bonds. The molecule has 0 radical (unpaired) electrons. The lowest BCUT2D eigenvalue weighted by molar-refractivity contribution is 0.471. The lowest BCUT2D eigenvalue weighted by Gasteiger charge is -2.08. The van der Waals surface area contributed by atoms with Crippen LogP contribution in [0.15, 0.2) is 30.6 Å². The Morgan fingerprint density at radius 1 is 1.35 bits per heavy atom. The minimum atomic E-state index is -3.74. The average Bonchev–Trinajstić information content (AvgIpc) is 2.91. The van der Waals surface area contributed by atoms with Crippen LogP contribution in [-0.2, 0) is 16.7 Å². The Hall–Kier alpha value is -2.88. The van der Waals surface area contributed by atoms with Gasteiger partial charge in [0.05, 0.1) is 12.6 Å². The van der Waals surface area contributed by atoms with Crippen molar-refractivity contribution in [1.29, 1.82) is 0 Å². The molecular formula is C13H13N5O4S. The number of phenolic OH excluding ortho intramolecular Hbond substituents is 1. The maximum absolute atomic E-state index is 11.2. The summed E-state index contributed by atoms with van der Waals surface area (Å²) in [5.74, 6) is 0.495. The third-order valence-corrected chi connectivity index (χ3v) is 3.31. The molecule has 0 atom stereocenters. The van der Waals surface area contributed by atoms with Crippen LogP contribution in [0.5, 0.6) is 11.8 Å². The second-order valence-electron chi connectivity index (χ2n) is 4.77. The number of aromatic amines is 1. The summed E-state index contributed by atoms with van der Waals surface area (Å²) in [7, 11) is -3.74. The van der Waals surface area contributed by atoms with E-state index in [1.807, 2.05) is 6.07 Å². The van der Waals surface area contributed by atoms with E-state index < -0.39 is 10.1 Å². The molecule has 2 heterocycles. The fraction of sp³-hybridized carbons (Fsp3) is 0.154. The number of rotatable bonds is 5. The Bertz CT molecular complexity index is 954. The van der Waals surface area contributed by atoms with Crippen LogP contribution in [0.2, 0.25) is 0 Å². The fourth-order valence-electron chi connectivity index (χ4n) is 1.97. The van der Waals surface area contributed by atoms with Gasteiger partial charge in [-0.2, -0.15) is 18.4 Å². The molecule has 2 aromatic heterocycles. The van der Waals surface area contributed by atoms with Gasteiger partial charge in [0.1, 0.15) is 11.3 Å². The van der Waals surface area contributed by atoms with Gasteiger partial charge < -0.3 is 19.6 Å². The van der Waals surface area contributed by atoms with Gasteiger partial charge in [0.15, 0.2) is 11.5 Å². The molecule has 0 fully saturated rings. The summed E-state index contributed by atoms with van der Waals surface area (Å²) < 4.78 is 27.2. The van der Waals surface area contributed by atoms with Gasteiger partial charge in [0, 0.05) is 6.54 Å². The molecule has 10 heteroatoms. The topological polar surface area (TPSA) is 130 Å². The number of aromatic hydroxyl groups is 1. The number of aromatic nitrogens is 4. The summed E-state index contributed by atoms with van der Waals surface area (Å²) in [5.41, 5.74) is 1.62. The van der Waals surface area contributed by atoms with Gasteiger partial charge >= 0.3 is 16.1 Å². The summed E-state index contributed by atoms with van der Waals surface area (Å²) >= 11 is 0. The van der Waals surface area contributed by atoms with Crippen molar-refractivity contribution < 1.29 is 17.7 Å². The van der Waals surface area contributed by atoms with Crippen LogP contribution >= 0.6 is 0 Å². The van der Waals surface area contributed by atoms with E-state index in [-0.39, 0.29) is 17.4 Å². The van der Waals surface area contributed by atoms with E-state index in [9.17, 15) is 13.5 Å². The summed E-state index contributed by atoms with van der Waals surface area (Å²) in [6, 6.07) is 6.40. The molecular weight excluding hydrogens is 322 g/mol. The van der Waals surface area contributed by atoms with Crippen molar-refractivity contribution in [2.75, 3.05) is 11.6 Å². The molecule has 120 valence electrons. The van der Waals surface area contributed by atoms with Crippen molar-refractivity contribution >= 4 is 27.1 Å². The number of H-pyrrole nitrogens is 1. The molecule has 23 heavy (non-hydrogen) atoms. The van der Waals surface area contributed by atoms with E-state index in [0.29, 0.717) is 17.9 Å². The first kappa shape index (κ1) is 15.0. The van der Waals surface area contributed by atoms with Gasteiger partial charge in [0.2, 0.25) is 0 Å². The van der Waals surface area contributed by atoms with Gasteiger partial charge in [-0.15, -0.1) is 0 Å². The molecule has 0 spiro atoms. The van der Waals surface area contributed by atoms with E-state index >= 15 is 0 Å². The van der Waals surface area contributed by atoms with Crippen molar-refractivity contribution in [2.24, 2.45) is 0 Å². The molecule has 1 aromatic carbocycles. The van der Waals surface area contributed by atoms with Crippen LogP contribution in [0.1, 0.15) is 5.56 Å². The largest absolute Gasteiger partial charge is 0.508 e. The highest BCUT2D eigenvalue weighted by atomic mass is 32.2. The summed E-state index contributed by atoms with van der Waals surface area (Å²) in [6.45, 7) is 0.359. The summed E-state index contributed by atoms with van der Waals surface area (Å²) in [6.07, 6.45) is 2.33. The number of imidazole rings is 1. The zero-order chi connectivity index (χ0) is 16.4. The third-order valence-electron chi connectivity index (χ3n) is 2.86. The van der Waals surface area contributed by atoms with Crippen molar-refractivity contribution in [3.05, 3.63) is 36.2 Å². The highest BCUT2D eigenvalue weighted by Crippen LogP contribution is 2.21. The average molecular weight is 335 g/mol. The van der Waals surface area contributed by atoms with Crippen molar-refractivity contribution in [3.8, 4) is 11.8 Å². The molecule has 0 aliphatic heterocycles. The molecule has 0 bridgehead atoms. The fourth-order valence-corrected chi connectivity index (χ4v) is 2.31. The number of nitrogens with zero attached hydrogens (tertiary/aromatic N) is 3. The summed E-state index contributed by atoms with van der Waals surface area (Å²) in [4.78, 5) is 14.8. The molecule has 3 N–H and O–H groups in total. The van der Waals surface area contributed by atoms with Crippen molar-refractivity contribution in [3.63, 3.8) is 0 Å². The zero-order valence-corrected chi connectivity index (χ0v) is 12.8. The highest BCUT2D eigenvalue weighted by molar-refractivity contribution is 7.86. The van der Waals surface area contributed by atoms with Crippen LogP contribution in [0.25, 0.3) is 11.2 Å². The van der Waals surface area contributed by atoms with Crippen LogP contribution in [0, 0.1) is 0 Å². The highest BCUT2D eigenvalue weighted by Gasteiger charge is 2.14. The SMILES string of the molecule is CS(=O)(=O)Oc1nc(NCc2cccc(O)c2)c2[nH]cnc2n1. The van der Waals surface area contributed by atoms with Crippen LogP contribution < -0.4 is 9.50 Å². The minimum absolute atomic E-state index is 0.153. The maximum Gasteiger partial charge on any atom is 0.337 e. The second-order valence-corrected chi connectivity index (χ2v) is 6.34. The van der Waals surface area contributed by atoms with Crippen LogP contribution in [-0.4, -0.2) is 39.7 Å². The van der Waals surface area contributed by atoms with Gasteiger partial charge in [-0.1, -0.05) is 12.1 Å². The second kappa shape index (κ2) is 5.72. The molecule has 0 saturated heterocycles. The number of hydrogen-bond acceptors (Lipinski definition) is 8. The quantitative estimate of drug-likeness (QED) is 0.589. The number of nitrogens with one attached hydrogen (secondary N) is 2.